The molecule has 3 N–H and O–H groups in total. The Hall–Kier alpha value is -3.73. The summed E-state index contributed by atoms with van der Waals surface area (Å²) < 4.78 is 0. The average molecular weight is 362 g/mol. The van der Waals surface area contributed by atoms with E-state index >= 15 is 0 Å². The van der Waals surface area contributed by atoms with E-state index in [1.54, 1.807) is 26.0 Å². The van der Waals surface area contributed by atoms with E-state index in [-0.39, 0.29) is 17.9 Å². The van der Waals surface area contributed by atoms with Crippen LogP contribution in [-0.2, 0) is 11.2 Å². The van der Waals surface area contributed by atoms with Crippen LogP contribution in [0.1, 0.15) is 28.8 Å². The Balaban J connectivity index is 1.65. The van der Waals surface area contributed by atoms with Crippen molar-refractivity contribution in [1.82, 2.24) is 20.2 Å². The minimum Gasteiger partial charge on any atom is -0.326 e. The lowest BCUT2D eigenvalue weighted by atomic mass is 9.99. The summed E-state index contributed by atoms with van der Waals surface area (Å²) in [6.07, 6.45) is 2.11. The van der Waals surface area contributed by atoms with Gasteiger partial charge < -0.3 is 10.3 Å². The number of carbonyl (C=O) groups excluding carboxylic acids is 1. The second-order valence-corrected chi connectivity index (χ2v) is 6.13. The number of aromatic nitrogens is 4. The number of nitriles is 1. The molecule has 0 atom stereocenters. The molecule has 8 nitrogen and oxygen atoms in total. The van der Waals surface area contributed by atoms with Crippen LogP contribution in [-0.4, -0.2) is 26.1 Å². The van der Waals surface area contributed by atoms with E-state index in [4.69, 9.17) is 5.26 Å². The van der Waals surface area contributed by atoms with E-state index in [1.807, 2.05) is 18.2 Å². The predicted molar refractivity (Wildman–Crippen MR) is 100 cm³/mol. The summed E-state index contributed by atoms with van der Waals surface area (Å²) in [6.45, 7) is 3.50. The topological polar surface area (TPSA) is 127 Å². The summed E-state index contributed by atoms with van der Waals surface area (Å²) in [4.78, 5) is 30.8. The maximum atomic E-state index is 12.3. The highest BCUT2D eigenvalue weighted by atomic mass is 16.1. The first-order valence-electron chi connectivity index (χ1n) is 8.37. The summed E-state index contributed by atoms with van der Waals surface area (Å²) >= 11 is 0. The molecule has 27 heavy (non-hydrogen) atoms. The standard InChI is InChI=1S/C19H18N6O2/c1-11-15(12(2)23-19(27)16(11)9-20)7-8-17(26)24-14-5-3-13(4-6-14)18-21-10-22-25-18/h3-6,10H,7-8H2,1-2H3,(H,23,27)(H,24,26)(H,21,22,25). The van der Waals surface area contributed by atoms with E-state index in [9.17, 15) is 9.59 Å². The fraction of sp³-hybridized carbons (Fsp3) is 0.211. The summed E-state index contributed by atoms with van der Waals surface area (Å²) in [5, 5.41) is 18.5. The highest BCUT2D eigenvalue weighted by Gasteiger charge is 2.13. The van der Waals surface area contributed by atoms with Gasteiger partial charge in [-0.15, -0.1) is 0 Å². The molecular formula is C19H18N6O2. The maximum Gasteiger partial charge on any atom is 0.266 e. The molecule has 1 aromatic carbocycles. The molecular weight excluding hydrogens is 344 g/mol. The predicted octanol–water partition coefficient (Wildman–Crippen LogP) is 2.22. The fourth-order valence-corrected chi connectivity index (χ4v) is 2.94. The molecule has 0 saturated heterocycles. The molecule has 0 radical (unpaired) electrons. The van der Waals surface area contributed by atoms with E-state index in [2.05, 4.69) is 25.5 Å². The molecule has 2 aromatic heterocycles. The molecule has 0 aliphatic heterocycles. The summed E-state index contributed by atoms with van der Waals surface area (Å²) in [7, 11) is 0. The smallest absolute Gasteiger partial charge is 0.266 e. The number of hydrogen-bond donors (Lipinski definition) is 3. The van der Waals surface area contributed by atoms with Crippen LogP contribution in [0.3, 0.4) is 0 Å². The minimum absolute atomic E-state index is 0.0963. The quantitative estimate of drug-likeness (QED) is 0.641. The first kappa shape index (κ1) is 18.1. The van der Waals surface area contributed by atoms with Gasteiger partial charge in [-0.3, -0.25) is 14.7 Å². The van der Waals surface area contributed by atoms with Gasteiger partial charge in [0.15, 0.2) is 5.82 Å². The van der Waals surface area contributed by atoms with Crippen LogP contribution < -0.4 is 10.9 Å². The van der Waals surface area contributed by atoms with Crippen LogP contribution in [0.4, 0.5) is 5.69 Å². The summed E-state index contributed by atoms with van der Waals surface area (Å²) in [6, 6.07) is 9.18. The number of H-pyrrole nitrogens is 2. The SMILES string of the molecule is Cc1[nH]c(=O)c(C#N)c(C)c1CCC(=O)Nc1ccc(-c2ncn[nH]2)cc1. The lowest BCUT2D eigenvalue weighted by molar-refractivity contribution is -0.116. The van der Waals surface area contributed by atoms with Gasteiger partial charge in [0.05, 0.1) is 0 Å². The van der Waals surface area contributed by atoms with Crippen molar-refractivity contribution in [2.75, 3.05) is 5.32 Å². The molecule has 0 bridgehead atoms. The number of aromatic amines is 2. The van der Waals surface area contributed by atoms with E-state index < -0.39 is 5.56 Å². The van der Waals surface area contributed by atoms with E-state index in [1.165, 1.54) is 6.33 Å². The van der Waals surface area contributed by atoms with Crippen LogP contribution in [0, 0.1) is 25.2 Å². The number of aryl methyl sites for hydroxylation is 1. The zero-order valence-corrected chi connectivity index (χ0v) is 15.0. The van der Waals surface area contributed by atoms with E-state index in [0.717, 1.165) is 11.1 Å². The van der Waals surface area contributed by atoms with Crippen molar-refractivity contribution in [1.29, 1.82) is 5.26 Å². The van der Waals surface area contributed by atoms with Crippen molar-refractivity contribution >= 4 is 11.6 Å². The van der Waals surface area contributed by atoms with Crippen molar-refractivity contribution in [3.8, 4) is 17.5 Å². The third-order valence-corrected chi connectivity index (χ3v) is 4.38. The Labute approximate surface area is 155 Å². The number of anilines is 1. The first-order chi connectivity index (χ1) is 13.0. The molecule has 3 rings (SSSR count). The number of benzene rings is 1. The van der Waals surface area contributed by atoms with Crippen LogP contribution in [0.5, 0.6) is 0 Å². The fourth-order valence-electron chi connectivity index (χ4n) is 2.94. The molecule has 2 heterocycles. The molecule has 3 aromatic rings. The average Bonchev–Trinajstić information content (AvgIpc) is 3.17. The third kappa shape index (κ3) is 3.93. The lowest BCUT2D eigenvalue weighted by Crippen LogP contribution is -2.18. The van der Waals surface area contributed by atoms with Crippen molar-refractivity contribution in [2.24, 2.45) is 0 Å². The van der Waals surface area contributed by atoms with Crippen molar-refractivity contribution in [3.05, 3.63) is 63.3 Å². The van der Waals surface area contributed by atoms with Gasteiger partial charge >= 0.3 is 0 Å². The minimum atomic E-state index is -0.396. The number of nitrogens with zero attached hydrogens (tertiary/aromatic N) is 3. The third-order valence-electron chi connectivity index (χ3n) is 4.38. The number of amides is 1. The number of hydrogen-bond acceptors (Lipinski definition) is 5. The number of rotatable bonds is 5. The Kier molecular flexibility index (Phi) is 5.13. The van der Waals surface area contributed by atoms with Crippen LogP contribution in [0.15, 0.2) is 35.4 Å². The second-order valence-electron chi connectivity index (χ2n) is 6.13. The Morgan fingerprint density at radius 2 is 2.00 bits per heavy atom. The normalized spacial score (nSPS) is 10.4. The largest absolute Gasteiger partial charge is 0.326 e. The second kappa shape index (κ2) is 7.66. The number of pyridine rings is 1. The van der Waals surface area contributed by atoms with Gasteiger partial charge in [-0.1, -0.05) is 0 Å². The number of carbonyl (C=O) groups is 1. The van der Waals surface area contributed by atoms with Crippen LogP contribution in [0.2, 0.25) is 0 Å². The first-order valence-corrected chi connectivity index (χ1v) is 8.37. The van der Waals surface area contributed by atoms with Crippen LogP contribution in [0.25, 0.3) is 11.4 Å². The maximum absolute atomic E-state index is 12.3. The van der Waals surface area contributed by atoms with Crippen molar-refractivity contribution in [3.63, 3.8) is 0 Å². The molecule has 136 valence electrons. The van der Waals surface area contributed by atoms with Crippen molar-refractivity contribution < 1.29 is 4.79 Å². The Morgan fingerprint density at radius 1 is 1.26 bits per heavy atom. The molecule has 0 fully saturated rings. The highest BCUT2D eigenvalue weighted by molar-refractivity contribution is 5.91. The highest BCUT2D eigenvalue weighted by Crippen LogP contribution is 2.18. The molecule has 0 saturated carbocycles. The van der Waals surface area contributed by atoms with Gasteiger partial charge in [-0.2, -0.15) is 10.4 Å². The summed E-state index contributed by atoms with van der Waals surface area (Å²) in [5.74, 6) is 0.510. The molecule has 0 unspecified atom stereocenters. The van der Waals surface area contributed by atoms with Gasteiger partial charge in [-0.05, 0) is 55.7 Å². The summed E-state index contributed by atoms with van der Waals surface area (Å²) in [5.41, 5.74) is 3.38. The van der Waals surface area contributed by atoms with Crippen LogP contribution >= 0.6 is 0 Å². The lowest BCUT2D eigenvalue weighted by Gasteiger charge is -2.11. The Morgan fingerprint density at radius 3 is 2.63 bits per heavy atom. The van der Waals surface area contributed by atoms with Gasteiger partial charge in [0.1, 0.15) is 18.0 Å². The van der Waals surface area contributed by atoms with Gasteiger partial charge in [0.25, 0.3) is 5.56 Å². The molecule has 0 aliphatic carbocycles. The van der Waals surface area contributed by atoms with Gasteiger partial charge in [-0.25, -0.2) is 4.98 Å². The van der Waals surface area contributed by atoms with Gasteiger partial charge in [0, 0.05) is 23.4 Å². The molecule has 1 amide bonds. The van der Waals surface area contributed by atoms with E-state index in [0.29, 0.717) is 29.2 Å². The van der Waals surface area contributed by atoms with Crippen molar-refractivity contribution in [2.45, 2.75) is 26.7 Å². The molecule has 0 spiro atoms. The van der Waals surface area contributed by atoms with Gasteiger partial charge in [0.2, 0.25) is 5.91 Å². The number of nitrogens with one attached hydrogen (secondary N) is 3. The monoisotopic (exact) mass is 362 g/mol. The zero-order valence-electron chi connectivity index (χ0n) is 15.0. The molecule has 8 heteroatoms. The zero-order chi connectivity index (χ0) is 19.4. The Bertz CT molecular complexity index is 1060. The molecule has 0 aliphatic rings.